The lowest BCUT2D eigenvalue weighted by Crippen LogP contribution is -2.44. The number of carboxylic acids is 1. The molecule has 0 saturated heterocycles. The van der Waals surface area contributed by atoms with Crippen molar-refractivity contribution in [2.24, 2.45) is 5.92 Å². The minimum absolute atomic E-state index is 0.0589. The Balaban J connectivity index is 2.23. The molecular formula is C19H22FN3O5. The molecule has 0 aliphatic rings. The molecule has 150 valence electrons. The lowest BCUT2D eigenvalue weighted by atomic mass is 10.0. The molecule has 9 heteroatoms. The molecule has 1 heterocycles. The van der Waals surface area contributed by atoms with Crippen molar-refractivity contribution < 1.29 is 23.8 Å². The molecule has 0 aliphatic heterocycles. The lowest BCUT2D eigenvalue weighted by molar-refractivity contribution is -0.142. The Labute approximate surface area is 160 Å². The summed E-state index contributed by atoms with van der Waals surface area (Å²) in [5, 5.41) is 15.6. The summed E-state index contributed by atoms with van der Waals surface area (Å²) in [6.07, 6.45) is 0.250. The topological polar surface area (TPSA) is 111 Å². The summed E-state index contributed by atoms with van der Waals surface area (Å²) in [4.78, 5) is 35.5. The van der Waals surface area contributed by atoms with Crippen molar-refractivity contribution in [2.45, 2.75) is 32.9 Å². The number of aliphatic carboxylic acids is 1. The number of carboxylic acid groups (broad SMARTS) is 1. The molecule has 1 atom stereocenters. The van der Waals surface area contributed by atoms with Crippen LogP contribution in [-0.4, -0.2) is 39.9 Å². The number of hydrogen-bond donors (Lipinski definition) is 2. The number of nitrogens with one attached hydrogen (secondary N) is 1. The third-order valence-corrected chi connectivity index (χ3v) is 3.95. The fourth-order valence-corrected chi connectivity index (χ4v) is 2.61. The van der Waals surface area contributed by atoms with Gasteiger partial charge in [-0.2, -0.15) is 5.10 Å². The molecule has 28 heavy (non-hydrogen) atoms. The van der Waals surface area contributed by atoms with Gasteiger partial charge in [-0.3, -0.25) is 9.59 Å². The number of aromatic nitrogens is 2. The van der Waals surface area contributed by atoms with Gasteiger partial charge in [-0.05, 0) is 30.5 Å². The molecule has 0 spiro atoms. The molecule has 0 bridgehead atoms. The normalized spacial score (nSPS) is 11.9. The third kappa shape index (κ3) is 5.38. The van der Waals surface area contributed by atoms with E-state index in [2.05, 4.69) is 10.4 Å². The smallest absolute Gasteiger partial charge is 0.326 e. The van der Waals surface area contributed by atoms with Crippen LogP contribution in [0.15, 0.2) is 35.1 Å². The molecule has 0 fully saturated rings. The monoisotopic (exact) mass is 391 g/mol. The Morgan fingerprint density at radius 2 is 2.00 bits per heavy atom. The predicted octanol–water partition coefficient (Wildman–Crippen LogP) is 1.67. The number of nitrogens with zero attached hydrogens (tertiary/aromatic N) is 2. The molecule has 1 aromatic heterocycles. The highest BCUT2D eigenvalue weighted by atomic mass is 19.1. The van der Waals surface area contributed by atoms with Gasteiger partial charge in [0, 0.05) is 17.7 Å². The van der Waals surface area contributed by atoms with Gasteiger partial charge in [-0.15, -0.1) is 0 Å². The number of halogens is 1. The van der Waals surface area contributed by atoms with Gasteiger partial charge in [-0.25, -0.2) is 13.9 Å². The molecule has 1 aromatic carbocycles. The van der Waals surface area contributed by atoms with Gasteiger partial charge in [0.25, 0.3) is 5.56 Å². The summed E-state index contributed by atoms with van der Waals surface area (Å²) in [5.74, 6) is -2.03. The first-order valence-electron chi connectivity index (χ1n) is 8.65. The van der Waals surface area contributed by atoms with E-state index in [4.69, 9.17) is 4.74 Å². The molecule has 0 saturated carbocycles. The van der Waals surface area contributed by atoms with E-state index < -0.39 is 35.8 Å². The SMILES string of the molecule is COc1ccc(-c2ccc(=O)n(CC(=O)N[C@H](CC(C)C)C(=O)O)n2)c(F)c1. The first-order valence-corrected chi connectivity index (χ1v) is 8.65. The average molecular weight is 391 g/mol. The van der Waals surface area contributed by atoms with Crippen LogP contribution >= 0.6 is 0 Å². The van der Waals surface area contributed by atoms with Gasteiger partial charge in [0.1, 0.15) is 24.2 Å². The number of benzene rings is 1. The van der Waals surface area contributed by atoms with Crippen LogP contribution in [0.2, 0.25) is 0 Å². The van der Waals surface area contributed by atoms with Gasteiger partial charge in [0.05, 0.1) is 12.8 Å². The van der Waals surface area contributed by atoms with E-state index in [9.17, 15) is 23.9 Å². The molecule has 2 rings (SSSR count). The highest BCUT2D eigenvalue weighted by Gasteiger charge is 2.21. The number of ether oxygens (including phenoxy) is 1. The van der Waals surface area contributed by atoms with Crippen molar-refractivity contribution in [2.75, 3.05) is 7.11 Å². The van der Waals surface area contributed by atoms with Gasteiger partial charge in [0.15, 0.2) is 0 Å². The maximum Gasteiger partial charge on any atom is 0.326 e. The fraction of sp³-hybridized carbons (Fsp3) is 0.368. The zero-order valence-corrected chi connectivity index (χ0v) is 15.8. The zero-order valence-electron chi connectivity index (χ0n) is 15.8. The van der Waals surface area contributed by atoms with Crippen molar-refractivity contribution in [1.29, 1.82) is 0 Å². The molecule has 8 nitrogen and oxygen atoms in total. The second kappa shape index (κ2) is 9.12. The van der Waals surface area contributed by atoms with E-state index in [1.54, 1.807) is 6.07 Å². The maximum absolute atomic E-state index is 14.2. The van der Waals surface area contributed by atoms with Crippen LogP contribution in [0.1, 0.15) is 20.3 Å². The van der Waals surface area contributed by atoms with Crippen LogP contribution in [0.4, 0.5) is 4.39 Å². The largest absolute Gasteiger partial charge is 0.497 e. The van der Waals surface area contributed by atoms with Crippen molar-refractivity contribution >= 4 is 11.9 Å². The van der Waals surface area contributed by atoms with Crippen molar-refractivity contribution in [1.82, 2.24) is 15.1 Å². The van der Waals surface area contributed by atoms with Crippen molar-refractivity contribution in [3.63, 3.8) is 0 Å². The highest BCUT2D eigenvalue weighted by Crippen LogP contribution is 2.23. The van der Waals surface area contributed by atoms with Gasteiger partial charge in [-0.1, -0.05) is 13.8 Å². The van der Waals surface area contributed by atoms with E-state index in [0.29, 0.717) is 5.75 Å². The zero-order chi connectivity index (χ0) is 20.8. The molecule has 0 radical (unpaired) electrons. The molecule has 1 amide bonds. The van der Waals surface area contributed by atoms with Crippen LogP contribution in [0.5, 0.6) is 5.75 Å². The number of carbonyl (C=O) groups is 2. The predicted molar refractivity (Wildman–Crippen MR) is 99.5 cm³/mol. The Hall–Kier alpha value is -3.23. The number of amides is 1. The number of hydrogen-bond acceptors (Lipinski definition) is 5. The molecule has 2 aromatic rings. The summed E-state index contributed by atoms with van der Waals surface area (Å²) < 4.78 is 20.1. The highest BCUT2D eigenvalue weighted by molar-refractivity contribution is 5.83. The van der Waals surface area contributed by atoms with Crippen LogP contribution in [0, 0.1) is 11.7 Å². The molecule has 2 N–H and O–H groups in total. The van der Waals surface area contributed by atoms with Crippen LogP contribution < -0.4 is 15.6 Å². The van der Waals surface area contributed by atoms with Crippen LogP contribution in [0.3, 0.4) is 0 Å². The number of rotatable bonds is 8. The van der Waals surface area contributed by atoms with Crippen LogP contribution in [-0.2, 0) is 16.1 Å². The van der Waals surface area contributed by atoms with Gasteiger partial charge in [0.2, 0.25) is 5.91 Å². The van der Waals surface area contributed by atoms with Gasteiger partial charge < -0.3 is 15.2 Å². The Bertz CT molecular complexity index is 926. The van der Waals surface area contributed by atoms with Crippen LogP contribution in [0.25, 0.3) is 11.3 Å². The van der Waals surface area contributed by atoms with Crippen molar-refractivity contribution in [3.8, 4) is 17.0 Å². The Kier molecular flexibility index (Phi) is 6.86. The summed E-state index contributed by atoms with van der Waals surface area (Å²) in [6, 6.07) is 5.64. The fourth-order valence-electron chi connectivity index (χ4n) is 2.61. The quantitative estimate of drug-likeness (QED) is 0.708. The first kappa shape index (κ1) is 21.1. The summed E-state index contributed by atoms with van der Waals surface area (Å²) in [5.41, 5.74) is -0.272. The van der Waals surface area contributed by atoms with E-state index >= 15 is 0 Å². The molecule has 0 unspecified atom stereocenters. The minimum atomic E-state index is -1.16. The summed E-state index contributed by atoms with van der Waals surface area (Å²) in [7, 11) is 1.41. The first-order chi connectivity index (χ1) is 13.2. The maximum atomic E-state index is 14.2. The lowest BCUT2D eigenvalue weighted by Gasteiger charge is -2.16. The second-order valence-corrected chi connectivity index (χ2v) is 6.65. The Morgan fingerprint density at radius 3 is 2.57 bits per heavy atom. The third-order valence-electron chi connectivity index (χ3n) is 3.95. The minimum Gasteiger partial charge on any atom is -0.497 e. The van der Waals surface area contributed by atoms with Crippen molar-refractivity contribution in [3.05, 3.63) is 46.5 Å². The summed E-state index contributed by atoms with van der Waals surface area (Å²) >= 11 is 0. The second-order valence-electron chi connectivity index (χ2n) is 6.65. The Morgan fingerprint density at radius 1 is 1.29 bits per heavy atom. The standard InChI is InChI=1S/C19H22FN3O5/c1-11(2)8-16(19(26)27)21-17(24)10-23-18(25)7-6-15(22-23)13-5-4-12(28-3)9-14(13)20/h4-7,9,11,16H,8,10H2,1-3H3,(H,21,24)(H,26,27)/t16-/m1/s1. The number of methoxy groups -OCH3 is 1. The summed E-state index contributed by atoms with van der Waals surface area (Å²) in [6.45, 7) is 3.19. The van der Waals surface area contributed by atoms with E-state index in [1.807, 2.05) is 13.8 Å². The van der Waals surface area contributed by atoms with E-state index in [0.717, 1.165) is 4.68 Å². The molecular weight excluding hydrogens is 369 g/mol. The van der Waals surface area contributed by atoms with E-state index in [1.165, 1.54) is 31.4 Å². The van der Waals surface area contributed by atoms with Gasteiger partial charge >= 0.3 is 5.97 Å². The van der Waals surface area contributed by atoms with E-state index in [-0.39, 0.29) is 23.6 Å². The average Bonchev–Trinajstić information content (AvgIpc) is 2.62. The molecule has 0 aliphatic carbocycles. The number of carbonyl (C=O) groups excluding carboxylic acids is 1.